The number of aromatic nitrogens is 3. The zero-order valence-electron chi connectivity index (χ0n) is 26.6. The van der Waals surface area contributed by atoms with Gasteiger partial charge in [-0.05, 0) is 55.3 Å². The van der Waals surface area contributed by atoms with E-state index in [4.69, 9.17) is 14.4 Å². The molecule has 0 unspecified atom stereocenters. The molecule has 230 valence electrons. The van der Waals surface area contributed by atoms with Gasteiger partial charge in [-0.1, -0.05) is 115 Å². The van der Waals surface area contributed by atoms with Crippen molar-refractivity contribution in [3.8, 4) is 39.5 Å². The van der Waals surface area contributed by atoms with Gasteiger partial charge in [0.15, 0.2) is 11.4 Å². The molecule has 5 nitrogen and oxygen atoms in total. The molecule has 0 bridgehead atoms. The molecule has 48 heavy (non-hydrogen) atoms. The lowest BCUT2D eigenvalue weighted by atomic mass is 9.89. The first-order valence-corrected chi connectivity index (χ1v) is 16.2. The summed E-state index contributed by atoms with van der Waals surface area (Å²) in [5, 5.41) is 14.4. The van der Waals surface area contributed by atoms with E-state index >= 15 is 0 Å². The minimum atomic E-state index is -1.03. The number of benzene rings is 6. The molecule has 9 aromatic rings. The smallest absolute Gasteiger partial charge is 0.180 e. The fraction of sp³-hybridized carbons (Fsp3) is 0.0698. The number of fused-ring (bicyclic) bond motifs is 6. The molecule has 3 heterocycles. The highest BCUT2D eigenvalue weighted by Crippen LogP contribution is 2.42. The maximum absolute atomic E-state index is 11.1. The van der Waals surface area contributed by atoms with Crippen LogP contribution in [0.3, 0.4) is 0 Å². The van der Waals surface area contributed by atoms with E-state index < -0.39 is 5.60 Å². The molecule has 5 heteroatoms. The van der Waals surface area contributed by atoms with Crippen molar-refractivity contribution in [3.63, 3.8) is 0 Å². The van der Waals surface area contributed by atoms with Crippen LogP contribution in [0.15, 0.2) is 150 Å². The Morgan fingerprint density at radius 1 is 0.562 bits per heavy atom. The quantitative estimate of drug-likeness (QED) is 0.208. The molecule has 6 aromatic carbocycles. The normalized spacial score (nSPS) is 12.1. The van der Waals surface area contributed by atoms with Crippen molar-refractivity contribution in [2.45, 2.75) is 19.4 Å². The van der Waals surface area contributed by atoms with E-state index in [0.717, 1.165) is 61.1 Å². The summed E-state index contributed by atoms with van der Waals surface area (Å²) in [6.07, 6.45) is 0. The summed E-state index contributed by atoms with van der Waals surface area (Å²) < 4.78 is 9.06. The van der Waals surface area contributed by atoms with Gasteiger partial charge in [0, 0.05) is 38.5 Å². The largest absolute Gasteiger partial charge is 0.451 e. The Balaban J connectivity index is 1.30. The van der Waals surface area contributed by atoms with E-state index in [0.29, 0.717) is 17.0 Å². The van der Waals surface area contributed by atoms with Gasteiger partial charge in [-0.25, -0.2) is 9.97 Å². The van der Waals surface area contributed by atoms with Crippen LogP contribution in [0.2, 0.25) is 0 Å². The van der Waals surface area contributed by atoms with Gasteiger partial charge in [0.25, 0.3) is 0 Å². The van der Waals surface area contributed by atoms with Gasteiger partial charge in [0.2, 0.25) is 0 Å². The number of nitrogens with zero attached hydrogens (tertiary/aromatic N) is 3. The summed E-state index contributed by atoms with van der Waals surface area (Å²) in [6, 6.07) is 49.7. The van der Waals surface area contributed by atoms with Crippen LogP contribution >= 0.6 is 0 Å². The zero-order chi connectivity index (χ0) is 32.4. The first kappa shape index (κ1) is 28.2. The third-order valence-electron chi connectivity index (χ3n) is 9.21. The summed E-state index contributed by atoms with van der Waals surface area (Å²) in [4.78, 5) is 10.4. The van der Waals surface area contributed by atoms with Gasteiger partial charge < -0.3 is 14.1 Å². The van der Waals surface area contributed by atoms with E-state index in [2.05, 4.69) is 95.6 Å². The van der Waals surface area contributed by atoms with Gasteiger partial charge >= 0.3 is 0 Å². The molecule has 0 saturated heterocycles. The van der Waals surface area contributed by atoms with Gasteiger partial charge in [-0.3, -0.25) is 0 Å². The fourth-order valence-electron chi connectivity index (χ4n) is 7.03. The van der Waals surface area contributed by atoms with Crippen LogP contribution in [0.4, 0.5) is 0 Å². The standard InChI is InChI=1S/C43H31N3O2/c1-43(2,47)35-23-9-6-18-30(35)33-21-13-22-34-39-41(48-40(33)34)38(27-14-4-3-5-15-27)44-42(45-39)28-16-12-17-29(26-28)46-36-24-10-7-19-31(36)32-20-8-11-25-37(32)46/h3-26,47H,1-2H3. The van der Waals surface area contributed by atoms with Gasteiger partial charge in [0.1, 0.15) is 16.8 Å². The molecule has 0 atom stereocenters. The Morgan fingerprint density at radius 2 is 1.17 bits per heavy atom. The lowest BCUT2D eigenvalue weighted by molar-refractivity contribution is 0.0792. The molecule has 1 N–H and O–H groups in total. The lowest BCUT2D eigenvalue weighted by Gasteiger charge is -2.21. The maximum atomic E-state index is 11.1. The van der Waals surface area contributed by atoms with Crippen molar-refractivity contribution < 1.29 is 9.52 Å². The summed E-state index contributed by atoms with van der Waals surface area (Å²) in [5.41, 5.74) is 9.64. The molecule has 9 rings (SSSR count). The molecular weight excluding hydrogens is 590 g/mol. The maximum Gasteiger partial charge on any atom is 0.180 e. The molecule has 0 aliphatic carbocycles. The summed E-state index contributed by atoms with van der Waals surface area (Å²) in [6.45, 7) is 3.62. The third kappa shape index (κ3) is 4.43. The van der Waals surface area contributed by atoms with Crippen molar-refractivity contribution in [1.82, 2.24) is 14.5 Å². The Morgan fingerprint density at radius 3 is 1.92 bits per heavy atom. The summed E-state index contributed by atoms with van der Waals surface area (Å²) >= 11 is 0. The van der Waals surface area contributed by atoms with Crippen LogP contribution in [-0.2, 0) is 5.60 Å². The summed E-state index contributed by atoms with van der Waals surface area (Å²) in [5.74, 6) is 0.619. The van der Waals surface area contributed by atoms with Gasteiger partial charge in [0.05, 0.1) is 16.6 Å². The number of furan rings is 1. The predicted octanol–water partition coefficient (Wildman–Crippen LogP) is 10.7. The topological polar surface area (TPSA) is 64.1 Å². The van der Waals surface area contributed by atoms with E-state index in [1.807, 2.05) is 68.4 Å². The molecule has 0 fully saturated rings. The van der Waals surface area contributed by atoms with E-state index in [1.165, 1.54) is 10.8 Å². The highest BCUT2D eigenvalue weighted by molar-refractivity contribution is 6.11. The molecule has 3 aromatic heterocycles. The minimum Gasteiger partial charge on any atom is -0.451 e. The average Bonchev–Trinajstić information content (AvgIpc) is 3.67. The summed E-state index contributed by atoms with van der Waals surface area (Å²) in [7, 11) is 0. The van der Waals surface area contributed by atoms with Crippen LogP contribution in [-0.4, -0.2) is 19.6 Å². The molecule has 0 amide bonds. The zero-order valence-corrected chi connectivity index (χ0v) is 26.6. The number of hydrogen-bond acceptors (Lipinski definition) is 4. The first-order chi connectivity index (χ1) is 23.5. The van der Waals surface area contributed by atoms with Crippen LogP contribution in [0.1, 0.15) is 19.4 Å². The van der Waals surface area contributed by atoms with Crippen molar-refractivity contribution in [2.24, 2.45) is 0 Å². The minimum absolute atomic E-state index is 0.619. The fourth-order valence-corrected chi connectivity index (χ4v) is 7.03. The Labute approximate surface area is 277 Å². The SMILES string of the molecule is CC(C)(O)c1ccccc1-c1cccc2c1oc1c(-c3ccccc3)nc(-c3cccc(-n4c5ccccc5c5ccccc54)c3)nc12. The van der Waals surface area contributed by atoms with Crippen LogP contribution in [0.5, 0.6) is 0 Å². The Bertz CT molecular complexity index is 2610. The van der Waals surface area contributed by atoms with Gasteiger partial charge in [-0.2, -0.15) is 0 Å². The second-order valence-corrected chi connectivity index (χ2v) is 12.7. The molecule has 0 radical (unpaired) electrons. The third-order valence-corrected chi connectivity index (χ3v) is 9.21. The van der Waals surface area contributed by atoms with Crippen LogP contribution in [0, 0.1) is 0 Å². The number of para-hydroxylation sites is 3. The van der Waals surface area contributed by atoms with E-state index in [1.54, 1.807) is 0 Å². The number of aliphatic hydroxyl groups is 1. The highest BCUT2D eigenvalue weighted by Gasteiger charge is 2.25. The Hall–Kier alpha value is -6.04. The second-order valence-electron chi connectivity index (χ2n) is 12.7. The van der Waals surface area contributed by atoms with Crippen LogP contribution in [0.25, 0.3) is 83.3 Å². The van der Waals surface area contributed by atoms with E-state index in [9.17, 15) is 5.11 Å². The van der Waals surface area contributed by atoms with Gasteiger partial charge in [-0.15, -0.1) is 0 Å². The predicted molar refractivity (Wildman–Crippen MR) is 195 cm³/mol. The Kier molecular flexibility index (Phi) is 6.32. The number of rotatable bonds is 5. The monoisotopic (exact) mass is 621 g/mol. The molecular formula is C43H31N3O2. The van der Waals surface area contributed by atoms with Crippen molar-refractivity contribution in [2.75, 3.05) is 0 Å². The second kappa shape index (κ2) is 10.8. The van der Waals surface area contributed by atoms with E-state index in [-0.39, 0.29) is 0 Å². The lowest BCUT2D eigenvalue weighted by Crippen LogP contribution is -2.16. The van der Waals surface area contributed by atoms with Crippen LogP contribution < -0.4 is 0 Å². The molecule has 0 saturated carbocycles. The molecule has 0 aliphatic rings. The number of hydrogen-bond donors (Lipinski definition) is 1. The van der Waals surface area contributed by atoms with Crippen molar-refractivity contribution >= 4 is 43.9 Å². The van der Waals surface area contributed by atoms with Crippen molar-refractivity contribution in [1.29, 1.82) is 0 Å². The average molecular weight is 622 g/mol. The molecule has 0 aliphatic heterocycles. The molecule has 0 spiro atoms. The first-order valence-electron chi connectivity index (χ1n) is 16.2. The highest BCUT2D eigenvalue weighted by atomic mass is 16.3. The van der Waals surface area contributed by atoms with Crippen molar-refractivity contribution in [3.05, 3.63) is 151 Å².